The van der Waals surface area contributed by atoms with Gasteiger partial charge in [-0.15, -0.1) is 0 Å². The van der Waals surface area contributed by atoms with E-state index in [4.69, 9.17) is 9.15 Å². The van der Waals surface area contributed by atoms with Gasteiger partial charge < -0.3 is 14.1 Å². The molecule has 6 heteroatoms. The molecule has 6 nitrogen and oxygen atoms in total. The van der Waals surface area contributed by atoms with E-state index in [0.29, 0.717) is 12.1 Å². The lowest BCUT2D eigenvalue weighted by molar-refractivity contribution is -0.131. The van der Waals surface area contributed by atoms with E-state index in [1.165, 1.54) is 6.42 Å². The van der Waals surface area contributed by atoms with Crippen molar-refractivity contribution in [1.29, 1.82) is 0 Å². The number of nitrogens with zero attached hydrogens (tertiary/aromatic N) is 3. The molecule has 1 atom stereocenters. The number of rotatable bonds is 7. The van der Waals surface area contributed by atoms with Crippen molar-refractivity contribution >= 4 is 5.91 Å². The summed E-state index contributed by atoms with van der Waals surface area (Å²) in [5, 5.41) is 0. The third-order valence-electron chi connectivity index (χ3n) is 5.93. The number of piperidine rings is 1. The minimum absolute atomic E-state index is 0.205. The maximum absolute atomic E-state index is 11.9. The highest BCUT2D eigenvalue weighted by Crippen LogP contribution is 2.23. The second-order valence-electron chi connectivity index (χ2n) is 8.09. The molecule has 27 heavy (non-hydrogen) atoms. The molecule has 0 aromatic carbocycles. The number of likely N-dealkylation sites (N-methyl/N-ethyl adjacent to an activating group) is 1. The van der Waals surface area contributed by atoms with E-state index in [1.54, 1.807) is 6.92 Å². The highest BCUT2D eigenvalue weighted by Gasteiger charge is 2.31. The van der Waals surface area contributed by atoms with E-state index < -0.39 is 0 Å². The summed E-state index contributed by atoms with van der Waals surface area (Å²) in [6.45, 7) is 10.0. The standard InChI is InChI=1S/C21H35N3O3/c1-17-6-7-21(27-17)16-22(3)11-12-24(19-8-13-26-14-9-19)20-5-4-10-23(15-20)18(2)25/h6-7,19-20H,4-5,8-16H2,1-3H3. The lowest BCUT2D eigenvalue weighted by atomic mass is 9.98. The number of likely N-dealkylation sites (tertiary alicyclic amines) is 1. The van der Waals surface area contributed by atoms with Crippen LogP contribution in [0.2, 0.25) is 0 Å². The summed E-state index contributed by atoms with van der Waals surface area (Å²) in [7, 11) is 2.16. The smallest absolute Gasteiger partial charge is 0.219 e. The maximum atomic E-state index is 11.9. The Hall–Kier alpha value is -1.37. The zero-order valence-corrected chi connectivity index (χ0v) is 17.2. The second kappa shape index (κ2) is 9.71. The van der Waals surface area contributed by atoms with Crippen LogP contribution < -0.4 is 0 Å². The normalized spacial score (nSPS) is 22.0. The Kier molecular flexibility index (Phi) is 7.33. The monoisotopic (exact) mass is 377 g/mol. The molecule has 2 fully saturated rings. The van der Waals surface area contributed by atoms with E-state index in [2.05, 4.69) is 22.9 Å². The van der Waals surface area contributed by atoms with E-state index >= 15 is 0 Å². The van der Waals surface area contributed by atoms with Gasteiger partial charge in [-0.2, -0.15) is 0 Å². The molecule has 0 spiro atoms. The predicted molar refractivity (Wildman–Crippen MR) is 106 cm³/mol. The van der Waals surface area contributed by atoms with Crippen LogP contribution in [0.3, 0.4) is 0 Å². The highest BCUT2D eigenvalue weighted by molar-refractivity contribution is 5.73. The van der Waals surface area contributed by atoms with Crippen LogP contribution in [0.5, 0.6) is 0 Å². The van der Waals surface area contributed by atoms with Crippen LogP contribution in [-0.2, 0) is 16.1 Å². The number of carbonyl (C=O) groups excluding carboxylic acids is 1. The fourth-order valence-electron chi connectivity index (χ4n) is 4.39. The van der Waals surface area contributed by atoms with E-state index in [9.17, 15) is 4.79 Å². The minimum Gasteiger partial charge on any atom is -0.465 e. The SMILES string of the molecule is CC(=O)N1CCCC(N(CCN(C)Cc2ccc(C)o2)C2CCOCC2)C1. The van der Waals surface area contributed by atoms with Crippen LogP contribution >= 0.6 is 0 Å². The average molecular weight is 378 g/mol. The fourth-order valence-corrected chi connectivity index (χ4v) is 4.39. The molecule has 3 rings (SSSR count). The van der Waals surface area contributed by atoms with Crippen molar-refractivity contribution in [1.82, 2.24) is 14.7 Å². The molecule has 1 aromatic heterocycles. The molecule has 2 saturated heterocycles. The van der Waals surface area contributed by atoms with Gasteiger partial charge in [-0.05, 0) is 51.8 Å². The lowest BCUT2D eigenvalue weighted by Gasteiger charge is -2.44. The summed E-state index contributed by atoms with van der Waals surface area (Å²) < 4.78 is 11.3. The summed E-state index contributed by atoms with van der Waals surface area (Å²) in [5.41, 5.74) is 0. The number of carbonyl (C=O) groups is 1. The molecule has 2 aliphatic rings. The van der Waals surface area contributed by atoms with Gasteiger partial charge in [-0.3, -0.25) is 14.6 Å². The first-order chi connectivity index (χ1) is 13.0. The first kappa shape index (κ1) is 20.4. The molecule has 1 aromatic rings. The molecule has 2 aliphatic heterocycles. The van der Waals surface area contributed by atoms with Crippen molar-refractivity contribution in [3.05, 3.63) is 23.7 Å². The van der Waals surface area contributed by atoms with Gasteiger partial charge >= 0.3 is 0 Å². The first-order valence-corrected chi connectivity index (χ1v) is 10.4. The van der Waals surface area contributed by atoms with Gasteiger partial charge in [0.1, 0.15) is 11.5 Å². The minimum atomic E-state index is 0.205. The number of hydrogen-bond acceptors (Lipinski definition) is 5. The largest absolute Gasteiger partial charge is 0.465 e. The average Bonchev–Trinajstić information content (AvgIpc) is 3.07. The first-order valence-electron chi connectivity index (χ1n) is 10.4. The van der Waals surface area contributed by atoms with Gasteiger partial charge in [0.25, 0.3) is 0 Å². The van der Waals surface area contributed by atoms with Crippen LogP contribution in [0.4, 0.5) is 0 Å². The number of furan rings is 1. The highest BCUT2D eigenvalue weighted by atomic mass is 16.5. The molecule has 0 N–H and O–H groups in total. The van der Waals surface area contributed by atoms with E-state index in [0.717, 1.165) is 76.7 Å². The Morgan fingerprint density at radius 1 is 1.19 bits per heavy atom. The lowest BCUT2D eigenvalue weighted by Crippen LogP contribution is -2.55. The van der Waals surface area contributed by atoms with Gasteiger partial charge in [-0.25, -0.2) is 0 Å². The fraction of sp³-hybridized carbons (Fsp3) is 0.762. The number of aryl methyl sites for hydroxylation is 1. The Labute approximate surface area is 163 Å². The van der Waals surface area contributed by atoms with Gasteiger partial charge in [0.05, 0.1) is 6.54 Å². The molecule has 0 saturated carbocycles. The molecule has 3 heterocycles. The summed E-state index contributed by atoms with van der Waals surface area (Å²) in [5.74, 6) is 2.19. The van der Waals surface area contributed by atoms with Crippen molar-refractivity contribution in [2.24, 2.45) is 0 Å². The molecular weight excluding hydrogens is 342 g/mol. The molecule has 1 amide bonds. The maximum Gasteiger partial charge on any atom is 0.219 e. The Bertz CT molecular complexity index is 597. The molecule has 0 aliphatic carbocycles. The summed E-state index contributed by atoms with van der Waals surface area (Å²) >= 11 is 0. The van der Waals surface area contributed by atoms with Crippen LogP contribution in [0, 0.1) is 6.92 Å². The van der Waals surface area contributed by atoms with Gasteiger partial charge in [0, 0.05) is 58.4 Å². The topological polar surface area (TPSA) is 49.2 Å². The Morgan fingerprint density at radius 2 is 1.96 bits per heavy atom. The Balaban J connectivity index is 1.60. The number of ether oxygens (including phenoxy) is 1. The van der Waals surface area contributed by atoms with Crippen LogP contribution in [-0.4, -0.2) is 79.1 Å². The third-order valence-corrected chi connectivity index (χ3v) is 5.93. The summed E-state index contributed by atoms with van der Waals surface area (Å²) in [6, 6.07) is 5.11. The van der Waals surface area contributed by atoms with Crippen molar-refractivity contribution in [2.45, 2.75) is 58.2 Å². The van der Waals surface area contributed by atoms with E-state index in [-0.39, 0.29) is 5.91 Å². The number of amides is 1. The second-order valence-corrected chi connectivity index (χ2v) is 8.09. The van der Waals surface area contributed by atoms with Crippen LogP contribution in [0.1, 0.15) is 44.1 Å². The van der Waals surface area contributed by atoms with Crippen molar-refractivity contribution in [3.63, 3.8) is 0 Å². The quantitative estimate of drug-likeness (QED) is 0.731. The zero-order chi connectivity index (χ0) is 19.2. The molecule has 152 valence electrons. The van der Waals surface area contributed by atoms with E-state index in [1.807, 2.05) is 17.9 Å². The summed E-state index contributed by atoms with van der Waals surface area (Å²) in [4.78, 5) is 18.9. The summed E-state index contributed by atoms with van der Waals surface area (Å²) in [6.07, 6.45) is 4.48. The number of hydrogen-bond donors (Lipinski definition) is 0. The van der Waals surface area contributed by atoms with Crippen LogP contribution in [0.15, 0.2) is 16.5 Å². The molecule has 1 unspecified atom stereocenters. The third kappa shape index (κ3) is 5.80. The molecular formula is C21H35N3O3. The predicted octanol–water partition coefficient (Wildman–Crippen LogP) is 2.51. The Morgan fingerprint density at radius 3 is 2.63 bits per heavy atom. The van der Waals surface area contributed by atoms with Gasteiger partial charge in [0.15, 0.2) is 0 Å². The van der Waals surface area contributed by atoms with Crippen molar-refractivity contribution in [3.8, 4) is 0 Å². The van der Waals surface area contributed by atoms with Gasteiger partial charge in [0.2, 0.25) is 5.91 Å². The zero-order valence-electron chi connectivity index (χ0n) is 17.2. The van der Waals surface area contributed by atoms with Gasteiger partial charge in [-0.1, -0.05) is 0 Å². The van der Waals surface area contributed by atoms with Crippen molar-refractivity contribution in [2.75, 3.05) is 46.4 Å². The molecule has 0 bridgehead atoms. The van der Waals surface area contributed by atoms with Crippen molar-refractivity contribution < 1.29 is 13.9 Å². The molecule has 0 radical (unpaired) electrons. The van der Waals surface area contributed by atoms with Crippen LogP contribution in [0.25, 0.3) is 0 Å².